The molecule has 0 aliphatic rings. The van der Waals surface area contributed by atoms with E-state index >= 15 is 0 Å². The fraction of sp³-hybridized carbons (Fsp3) is 0.136. The molecule has 0 fully saturated rings. The number of carbonyl (C=O) groups excluding carboxylic acids is 2. The number of pyridine rings is 1. The highest BCUT2D eigenvalue weighted by Crippen LogP contribution is 2.24. The van der Waals surface area contributed by atoms with Crippen LogP contribution >= 0.6 is 11.6 Å². The van der Waals surface area contributed by atoms with Gasteiger partial charge < -0.3 is 20.9 Å². The molecule has 2 aromatic carbocycles. The lowest BCUT2D eigenvalue weighted by Crippen LogP contribution is -2.26. The molecular weight excluding hydrogens is 421 g/mol. The van der Waals surface area contributed by atoms with E-state index in [9.17, 15) is 14.0 Å². The Morgan fingerprint density at radius 1 is 1.06 bits per heavy atom. The van der Waals surface area contributed by atoms with Gasteiger partial charge >= 0.3 is 6.03 Å². The number of carbonyl (C=O) groups is 2. The molecule has 160 valence electrons. The van der Waals surface area contributed by atoms with Crippen LogP contribution in [0.1, 0.15) is 15.9 Å². The van der Waals surface area contributed by atoms with E-state index in [1.54, 1.807) is 36.7 Å². The highest BCUT2D eigenvalue weighted by atomic mass is 35.5. The molecular formula is C22H21ClFN5O2. The summed E-state index contributed by atoms with van der Waals surface area (Å²) >= 11 is 5.73. The summed E-state index contributed by atoms with van der Waals surface area (Å²) in [5.74, 6) is -0.865. The van der Waals surface area contributed by atoms with E-state index in [4.69, 9.17) is 11.6 Å². The Balaban J connectivity index is 1.73. The van der Waals surface area contributed by atoms with Crippen LogP contribution in [-0.4, -0.2) is 31.0 Å². The van der Waals surface area contributed by atoms with E-state index in [2.05, 4.69) is 20.9 Å². The molecule has 9 heteroatoms. The van der Waals surface area contributed by atoms with E-state index in [1.165, 1.54) is 12.1 Å². The number of anilines is 3. The molecule has 0 saturated heterocycles. The van der Waals surface area contributed by atoms with Crippen molar-refractivity contribution in [1.29, 1.82) is 0 Å². The van der Waals surface area contributed by atoms with Gasteiger partial charge in [0, 0.05) is 50.1 Å². The van der Waals surface area contributed by atoms with Gasteiger partial charge in [-0.15, -0.1) is 0 Å². The van der Waals surface area contributed by atoms with Gasteiger partial charge in [0.05, 0.1) is 10.6 Å². The minimum atomic E-state index is -0.575. The average molecular weight is 442 g/mol. The van der Waals surface area contributed by atoms with Gasteiger partial charge in [-0.2, -0.15) is 0 Å². The van der Waals surface area contributed by atoms with E-state index < -0.39 is 11.8 Å². The Bertz CT molecular complexity index is 1090. The Morgan fingerprint density at radius 3 is 2.42 bits per heavy atom. The predicted molar refractivity (Wildman–Crippen MR) is 120 cm³/mol. The molecule has 7 nitrogen and oxygen atoms in total. The third-order valence-corrected chi connectivity index (χ3v) is 4.62. The van der Waals surface area contributed by atoms with Crippen LogP contribution in [-0.2, 0) is 6.54 Å². The summed E-state index contributed by atoms with van der Waals surface area (Å²) in [5.41, 5.74) is 2.72. The standard InChI is InChI=1S/C22H21ClFN5O2/c1-29(2)20-8-6-15(27-22(31)28-16-5-7-19(24)18(23)11-16)10-17(20)21(30)26-13-14-4-3-9-25-12-14/h3-12H,13H2,1-2H3,(H,26,30)(H2,27,28,31). The Labute approximate surface area is 184 Å². The van der Waals surface area contributed by atoms with Crippen molar-refractivity contribution in [2.24, 2.45) is 0 Å². The highest BCUT2D eigenvalue weighted by Gasteiger charge is 2.15. The number of hydrogen-bond donors (Lipinski definition) is 3. The molecule has 0 spiro atoms. The van der Waals surface area contributed by atoms with Crippen LogP contribution in [0.5, 0.6) is 0 Å². The number of benzene rings is 2. The first kappa shape index (κ1) is 22.0. The second-order valence-electron chi connectivity index (χ2n) is 6.88. The molecule has 0 saturated carbocycles. The zero-order valence-corrected chi connectivity index (χ0v) is 17.7. The lowest BCUT2D eigenvalue weighted by molar-refractivity contribution is 0.0951. The van der Waals surface area contributed by atoms with Crippen molar-refractivity contribution in [1.82, 2.24) is 10.3 Å². The van der Waals surface area contributed by atoms with E-state index in [-0.39, 0.29) is 10.9 Å². The van der Waals surface area contributed by atoms with E-state index in [0.717, 1.165) is 11.6 Å². The van der Waals surface area contributed by atoms with E-state index in [1.807, 2.05) is 25.1 Å². The van der Waals surface area contributed by atoms with Crippen LogP contribution in [0.15, 0.2) is 60.9 Å². The fourth-order valence-corrected chi connectivity index (χ4v) is 3.01. The van der Waals surface area contributed by atoms with Gasteiger partial charge in [0.2, 0.25) is 0 Å². The maximum atomic E-state index is 13.3. The molecule has 1 heterocycles. The molecule has 3 aromatic rings. The van der Waals surface area contributed by atoms with Crippen molar-refractivity contribution in [3.8, 4) is 0 Å². The first-order valence-corrected chi connectivity index (χ1v) is 9.73. The summed E-state index contributed by atoms with van der Waals surface area (Å²) in [6.07, 6.45) is 3.34. The van der Waals surface area contributed by atoms with Crippen molar-refractivity contribution >= 4 is 40.6 Å². The average Bonchev–Trinajstić information content (AvgIpc) is 2.75. The second kappa shape index (κ2) is 9.90. The molecule has 31 heavy (non-hydrogen) atoms. The van der Waals surface area contributed by atoms with Gasteiger partial charge in [-0.1, -0.05) is 17.7 Å². The smallest absolute Gasteiger partial charge is 0.323 e. The summed E-state index contributed by atoms with van der Waals surface area (Å²) in [6.45, 7) is 0.322. The van der Waals surface area contributed by atoms with Crippen molar-refractivity contribution < 1.29 is 14.0 Å². The summed E-state index contributed by atoms with van der Waals surface area (Å²) in [6, 6.07) is 12.0. The molecule has 3 amide bonds. The van der Waals surface area contributed by atoms with Crippen LogP contribution < -0.4 is 20.9 Å². The van der Waals surface area contributed by atoms with Gasteiger partial charge in [0.25, 0.3) is 5.91 Å². The first-order chi connectivity index (χ1) is 14.8. The second-order valence-corrected chi connectivity index (χ2v) is 7.29. The number of nitrogens with one attached hydrogen (secondary N) is 3. The number of rotatable bonds is 6. The summed E-state index contributed by atoms with van der Waals surface area (Å²) in [5, 5.41) is 8.00. The van der Waals surface area contributed by atoms with Crippen LogP contribution in [0.2, 0.25) is 5.02 Å². The third kappa shape index (κ3) is 5.93. The Hall–Kier alpha value is -3.65. The molecule has 0 aliphatic heterocycles. The van der Waals surface area contributed by atoms with Gasteiger partial charge in [-0.05, 0) is 48.0 Å². The Kier molecular flexibility index (Phi) is 7.04. The molecule has 0 bridgehead atoms. The quantitative estimate of drug-likeness (QED) is 0.525. The number of urea groups is 1. The van der Waals surface area contributed by atoms with Gasteiger partial charge in [-0.3, -0.25) is 9.78 Å². The minimum absolute atomic E-state index is 0.0966. The maximum Gasteiger partial charge on any atom is 0.323 e. The largest absolute Gasteiger partial charge is 0.377 e. The maximum absolute atomic E-state index is 13.3. The topological polar surface area (TPSA) is 86.4 Å². The molecule has 3 rings (SSSR count). The summed E-state index contributed by atoms with van der Waals surface area (Å²) in [4.78, 5) is 31.0. The SMILES string of the molecule is CN(C)c1ccc(NC(=O)Nc2ccc(F)c(Cl)c2)cc1C(=O)NCc1cccnc1. The Morgan fingerprint density at radius 2 is 1.77 bits per heavy atom. The highest BCUT2D eigenvalue weighted by molar-refractivity contribution is 6.31. The van der Waals surface area contributed by atoms with Crippen LogP contribution in [0, 0.1) is 5.82 Å². The monoisotopic (exact) mass is 441 g/mol. The number of halogens is 2. The van der Waals surface area contributed by atoms with Crippen LogP contribution in [0.3, 0.4) is 0 Å². The molecule has 1 aromatic heterocycles. The van der Waals surface area contributed by atoms with Crippen molar-refractivity contribution in [3.05, 3.63) is 82.9 Å². The fourth-order valence-electron chi connectivity index (χ4n) is 2.83. The molecule has 0 unspecified atom stereocenters. The normalized spacial score (nSPS) is 10.3. The van der Waals surface area contributed by atoms with Crippen LogP contribution in [0.4, 0.5) is 26.2 Å². The van der Waals surface area contributed by atoms with Gasteiger partial charge in [0.15, 0.2) is 0 Å². The number of amides is 3. The summed E-state index contributed by atoms with van der Waals surface area (Å²) in [7, 11) is 3.65. The number of nitrogens with zero attached hydrogens (tertiary/aromatic N) is 2. The lowest BCUT2D eigenvalue weighted by atomic mass is 10.1. The van der Waals surface area contributed by atoms with Gasteiger partial charge in [0.1, 0.15) is 5.82 Å². The van der Waals surface area contributed by atoms with Crippen molar-refractivity contribution in [3.63, 3.8) is 0 Å². The lowest BCUT2D eigenvalue weighted by Gasteiger charge is -2.18. The zero-order chi connectivity index (χ0) is 22.4. The first-order valence-electron chi connectivity index (χ1n) is 9.35. The van der Waals surface area contributed by atoms with Crippen molar-refractivity contribution in [2.75, 3.05) is 29.6 Å². The van der Waals surface area contributed by atoms with Gasteiger partial charge in [-0.25, -0.2) is 9.18 Å². The van der Waals surface area contributed by atoms with Crippen molar-refractivity contribution in [2.45, 2.75) is 6.54 Å². The molecule has 0 aliphatic carbocycles. The third-order valence-electron chi connectivity index (χ3n) is 4.33. The minimum Gasteiger partial charge on any atom is -0.377 e. The van der Waals surface area contributed by atoms with E-state index in [0.29, 0.717) is 29.2 Å². The summed E-state index contributed by atoms with van der Waals surface area (Å²) < 4.78 is 13.3. The number of hydrogen-bond acceptors (Lipinski definition) is 4. The predicted octanol–water partition coefficient (Wildman–Crippen LogP) is 4.51. The number of aromatic nitrogens is 1. The molecule has 0 atom stereocenters. The molecule has 0 radical (unpaired) electrons. The zero-order valence-electron chi connectivity index (χ0n) is 16.9. The molecule has 3 N–H and O–H groups in total. The van der Waals surface area contributed by atoms with Crippen LogP contribution in [0.25, 0.3) is 0 Å².